The van der Waals surface area contributed by atoms with E-state index in [0.29, 0.717) is 0 Å². The van der Waals surface area contributed by atoms with Gasteiger partial charge in [0, 0.05) is 34.1 Å². The fourth-order valence-electron chi connectivity index (χ4n) is 10.5. The summed E-state index contributed by atoms with van der Waals surface area (Å²) in [5.74, 6) is 0. The molecule has 10 aromatic carbocycles. The quantitative estimate of drug-likeness (QED) is 0.126. The predicted octanol–water partition coefficient (Wildman–Crippen LogP) is 20.1. The third kappa shape index (κ3) is 9.17. The normalized spacial score (nSPS) is 12.8. The molecule has 0 spiro atoms. The van der Waals surface area contributed by atoms with Gasteiger partial charge in [-0.25, -0.2) is 0 Å². The Morgan fingerprint density at radius 3 is 1.14 bits per heavy atom. The van der Waals surface area contributed by atoms with E-state index in [4.69, 9.17) is 0 Å². The Hall–Kier alpha value is -8.20. The van der Waals surface area contributed by atoms with Gasteiger partial charge in [-0.2, -0.15) is 0 Å². The highest BCUT2D eigenvalue weighted by Crippen LogP contribution is 2.49. The Kier molecular flexibility index (Phi) is 12.3. The smallest absolute Gasteiger partial charge is 0.0468 e. The Morgan fingerprint density at radius 1 is 0.306 bits per heavy atom. The van der Waals surface area contributed by atoms with Gasteiger partial charge in [-0.05, 0) is 180 Å². The number of fused-ring (bicyclic) bond motifs is 2. The average Bonchev–Trinajstić information content (AvgIpc) is 3.41. The molecule has 0 unspecified atom stereocenters. The summed E-state index contributed by atoms with van der Waals surface area (Å²) < 4.78 is 0. The fraction of sp³-hybridized carbons (Fsp3) is 0.143. The lowest BCUT2D eigenvalue weighted by Crippen LogP contribution is -2.17. The van der Waals surface area contributed by atoms with Gasteiger partial charge in [-0.3, -0.25) is 0 Å². The monoisotopic (exact) mass is 930 g/mol. The van der Waals surface area contributed by atoms with Crippen LogP contribution in [-0.4, -0.2) is 0 Å². The highest BCUT2D eigenvalue weighted by atomic mass is 15.1. The van der Waals surface area contributed by atoms with Gasteiger partial charge < -0.3 is 9.80 Å². The van der Waals surface area contributed by atoms with Crippen molar-refractivity contribution in [1.82, 2.24) is 0 Å². The van der Waals surface area contributed by atoms with E-state index in [-0.39, 0.29) is 10.8 Å². The molecule has 0 aliphatic heterocycles. The summed E-state index contributed by atoms with van der Waals surface area (Å²) >= 11 is 0. The first-order valence-corrected chi connectivity index (χ1v) is 25.6. The first-order valence-electron chi connectivity index (χ1n) is 25.6. The van der Waals surface area contributed by atoms with Crippen molar-refractivity contribution >= 4 is 50.0 Å². The maximum Gasteiger partial charge on any atom is 0.0468 e. The summed E-state index contributed by atoms with van der Waals surface area (Å²) in [5.41, 5.74) is 19.0. The molecule has 0 radical (unpaired) electrons. The van der Waals surface area contributed by atoms with Gasteiger partial charge in [-0.15, -0.1) is 0 Å². The van der Waals surface area contributed by atoms with Crippen LogP contribution in [0.5, 0.6) is 0 Å². The van der Waals surface area contributed by atoms with Crippen LogP contribution < -0.4 is 9.80 Å². The van der Waals surface area contributed by atoms with Crippen LogP contribution in [0.3, 0.4) is 0 Å². The molecular weight excluding hydrogens is 869 g/mol. The Bertz CT molecular complexity index is 3610. The molecule has 0 saturated carbocycles. The van der Waals surface area contributed by atoms with Crippen molar-refractivity contribution < 1.29 is 0 Å². The number of rotatable bonds is 10. The zero-order valence-electron chi connectivity index (χ0n) is 42.4. The van der Waals surface area contributed by atoms with Crippen molar-refractivity contribution in [3.8, 4) is 44.5 Å². The second kappa shape index (κ2) is 19.2. The lowest BCUT2D eigenvalue weighted by atomic mass is 9.84. The van der Waals surface area contributed by atoms with E-state index < -0.39 is 0 Å². The van der Waals surface area contributed by atoms with Gasteiger partial charge in [0.15, 0.2) is 0 Å². The average molecular weight is 931 g/mol. The minimum absolute atomic E-state index is 0.0370. The topological polar surface area (TPSA) is 6.48 Å². The molecule has 1 aliphatic carbocycles. The Morgan fingerprint density at radius 2 is 0.694 bits per heavy atom. The molecular formula is C70H62N2. The van der Waals surface area contributed by atoms with Crippen molar-refractivity contribution in [2.45, 2.75) is 65.2 Å². The van der Waals surface area contributed by atoms with Crippen molar-refractivity contribution in [3.63, 3.8) is 0 Å². The maximum atomic E-state index is 2.46. The van der Waals surface area contributed by atoms with Crippen molar-refractivity contribution in [1.29, 1.82) is 0 Å². The molecule has 0 fully saturated rings. The van der Waals surface area contributed by atoms with Crippen molar-refractivity contribution in [2.75, 3.05) is 9.80 Å². The van der Waals surface area contributed by atoms with E-state index in [9.17, 15) is 0 Å². The van der Waals surface area contributed by atoms with E-state index in [1.165, 1.54) is 82.9 Å². The molecule has 0 amide bonds. The predicted molar refractivity (Wildman–Crippen MR) is 310 cm³/mol. The molecule has 0 aromatic heterocycles. The highest BCUT2D eigenvalue weighted by molar-refractivity contribution is 6.23. The Labute approximate surface area is 426 Å². The molecule has 0 saturated heterocycles. The number of para-hydroxylation sites is 1. The third-order valence-corrected chi connectivity index (χ3v) is 14.3. The first-order chi connectivity index (χ1) is 35.0. The van der Waals surface area contributed by atoms with Crippen LogP contribution in [0.1, 0.15) is 65.5 Å². The minimum atomic E-state index is 0.0370. The summed E-state index contributed by atoms with van der Waals surface area (Å²) in [6.07, 6.45) is 9.05. The lowest BCUT2D eigenvalue weighted by molar-refractivity contribution is 0.590. The Balaban J connectivity index is 1.23. The van der Waals surface area contributed by atoms with E-state index in [1.54, 1.807) is 0 Å². The van der Waals surface area contributed by atoms with Crippen LogP contribution in [0.15, 0.2) is 248 Å². The number of anilines is 5. The van der Waals surface area contributed by atoms with Crippen LogP contribution in [0, 0.1) is 0 Å². The molecule has 0 N–H and O–H groups in total. The highest BCUT2D eigenvalue weighted by Gasteiger charge is 2.24. The summed E-state index contributed by atoms with van der Waals surface area (Å²) in [7, 11) is 0. The van der Waals surface area contributed by atoms with Gasteiger partial charge in [-0.1, -0.05) is 205 Å². The first kappa shape index (κ1) is 46.2. The number of nitrogens with zero attached hydrogens (tertiary/aromatic N) is 2. The van der Waals surface area contributed by atoms with Gasteiger partial charge in [0.25, 0.3) is 0 Å². The van der Waals surface area contributed by atoms with Crippen molar-refractivity contribution in [3.05, 3.63) is 260 Å². The van der Waals surface area contributed by atoms with Crippen LogP contribution >= 0.6 is 0 Å². The summed E-state index contributed by atoms with van der Waals surface area (Å²) in [5, 5.41) is 4.79. The zero-order chi connectivity index (χ0) is 49.4. The maximum absolute atomic E-state index is 2.46. The van der Waals surface area contributed by atoms with Crippen molar-refractivity contribution in [2.24, 2.45) is 0 Å². The molecule has 0 heterocycles. The van der Waals surface area contributed by atoms with Crippen LogP contribution in [-0.2, 0) is 10.8 Å². The standard InChI is InChI=1S/C70H62N2/c1-69(2,3)55-33-37-59(38-34-55)71(57-29-15-9-16-30-57)61-41-43-63-65(47-61)67(53-27-19-25-51(45-53)49-21-11-7-12-22-49)64-44-42-62(48-66(64)68(63)54-28-20-26-52(46-54)50-23-13-8-14-24-50)72(58-31-17-10-18-32-58)60-39-35-56(36-40-60)70(4,5)6/h7-9,11-17,19-48H,10,18H2,1-6H3. The van der Waals surface area contributed by atoms with Gasteiger partial charge in [0.05, 0.1) is 0 Å². The van der Waals surface area contributed by atoms with E-state index in [2.05, 4.69) is 294 Å². The molecule has 10 aromatic rings. The number of allylic oxidation sites excluding steroid dienone is 3. The molecule has 2 nitrogen and oxygen atoms in total. The van der Waals surface area contributed by atoms with E-state index in [0.717, 1.165) is 41.3 Å². The second-order valence-electron chi connectivity index (χ2n) is 21.3. The SMILES string of the molecule is CC(C)(C)c1ccc(N(C2=CCCC=C2)c2ccc3c(-c4cccc(-c5ccccc5)c4)c4cc(N(c5ccccc5)c5ccc(C(C)(C)C)cc5)ccc4c(-c4cccc(-c5ccccc5)c4)c3c2)cc1. The molecule has 0 atom stereocenters. The largest absolute Gasteiger partial charge is 0.311 e. The zero-order valence-corrected chi connectivity index (χ0v) is 42.4. The second-order valence-corrected chi connectivity index (χ2v) is 21.3. The van der Waals surface area contributed by atoms with Crippen LogP contribution in [0.25, 0.3) is 66.1 Å². The van der Waals surface area contributed by atoms with E-state index >= 15 is 0 Å². The molecule has 11 rings (SSSR count). The third-order valence-electron chi connectivity index (χ3n) is 14.3. The number of hydrogen-bond acceptors (Lipinski definition) is 2. The molecule has 0 bridgehead atoms. The fourth-order valence-corrected chi connectivity index (χ4v) is 10.5. The number of benzene rings is 10. The lowest BCUT2D eigenvalue weighted by Gasteiger charge is -2.30. The number of hydrogen-bond donors (Lipinski definition) is 0. The van der Waals surface area contributed by atoms with Gasteiger partial charge in [0.1, 0.15) is 0 Å². The summed E-state index contributed by atoms with van der Waals surface area (Å²) in [6.45, 7) is 13.7. The molecule has 72 heavy (non-hydrogen) atoms. The summed E-state index contributed by atoms with van der Waals surface area (Å²) in [6, 6.07) is 83.4. The van der Waals surface area contributed by atoms with Gasteiger partial charge >= 0.3 is 0 Å². The molecule has 1 aliphatic rings. The molecule has 352 valence electrons. The summed E-state index contributed by atoms with van der Waals surface area (Å²) in [4.78, 5) is 4.87. The van der Waals surface area contributed by atoms with E-state index in [1.807, 2.05) is 0 Å². The van der Waals surface area contributed by atoms with Crippen LogP contribution in [0.4, 0.5) is 28.4 Å². The van der Waals surface area contributed by atoms with Gasteiger partial charge in [0.2, 0.25) is 0 Å². The van der Waals surface area contributed by atoms with Crippen LogP contribution in [0.2, 0.25) is 0 Å². The molecule has 2 heteroatoms. The minimum Gasteiger partial charge on any atom is -0.311 e.